The lowest BCUT2D eigenvalue weighted by atomic mass is 9.87. The molecule has 132 valence electrons. The maximum absolute atomic E-state index is 12.6. The van der Waals surface area contributed by atoms with Gasteiger partial charge in [0.25, 0.3) is 0 Å². The van der Waals surface area contributed by atoms with E-state index < -0.39 is 0 Å². The monoisotopic (exact) mass is 331 g/mol. The normalized spacial score (nSPS) is 30.1. The molecule has 0 aromatic heterocycles. The SMILES string of the molecule is CCc1ccc(NC2NNNC2C(=O)NC2CCC(C)CC2)cc1. The van der Waals surface area contributed by atoms with Crippen molar-refractivity contribution in [1.82, 2.24) is 21.7 Å². The molecule has 1 saturated heterocycles. The highest BCUT2D eigenvalue weighted by Crippen LogP contribution is 2.23. The minimum atomic E-state index is -0.352. The molecule has 5 N–H and O–H groups in total. The van der Waals surface area contributed by atoms with Crippen LogP contribution in [-0.4, -0.2) is 24.2 Å². The Morgan fingerprint density at radius 2 is 1.83 bits per heavy atom. The van der Waals surface area contributed by atoms with Gasteiger partial charge >= 0.3 is 0 Å². The Bertz CT molecular complexity index is 539. The molecule has 1 saturated carbocycles. The first kappa shape index (κ1) is 17.2. The standard InChI is InChI=1S/C18H29N5O/c1-3-13-6-10-14(11-7-13)19-17-16(21-23-22-17)18(24)20-15-8-4-12(2)5-9-15/h6-7,10-12,15-17,19,21-23H,3-5,8-9H2,1-2H3,(H,20,24). The van der Waals surface area contributed by atoms with Crippen LogP contribution >= 0.6 is 0 Å². The van der Waals surface area contributed by atoms with Crippen molar-refractivity contribution in [2.45, 2.75) is 64.2 Å². The molecular formula is C18H29N5O. The van der Waals surface area contributed by atoms with E-state index in [1.165, 1.54) is 18.4 Å². The third-order valence-electron chi connectivity index (χ3n) is 5.12. The molecule has 1 aromatic rings. The van der Waals surface area contributed by atoms with E-state index in [9.17, 15) is 4.79 Å². The van der Waals surface area contributed by atoms with Crippen LogP contribution in [0.15, 0.2) is 24.3 Å². The van der Waals surface area contributed by atoms with Gasteiger partial charge in [0.15, 0.2) is 0 Å². The molecule has 6 heteroatoms. The number of amides is 1. The Labute approximate surface area is 144 Å². The van der Waals surface area contributed by atoms with Gasteiger partial charge in [-0.15, -0.1) is 0 Å². The molecule has 0 radical (unpaired) electrons. The lowest BCUT2D eigenvalue weighted by molar-refractivity contribution is -0.124. The van der Waals surface area contributed by atoms with Crippen molar-refractivity contribution in [2.24, 2.45) is 5.92 Å². The highest BCUT2D eigenvalue weighted by Gasteiger charge is 2.34. The first-order valence-electron chi connectivity index (χ1n) is 9.07. The molecule has 2 unspecified atom stereocenters. The van der Waals surface area contributed by atoms with Gasteiger partial charge in [-0.2, -0.15) is 5.53 Å². The van der Waals surface area contributed by atoms with Crippen molar-refractivity contribution in [3.8, 4) is 0 Å². The van der Waals surface area contributed by atoms with E-state index in [1.807, 2.05) is 0 Å². The molecule has 0 spiro atoms. The molecule has 2 fully saturated rings. The lowest BCUT2D eigenvalue weighted by Gasteiger charge is -2.28. The van der Waals surface area contributed by atoms with Crippen LogP contribution in [0.3, 0.4) is 0 Å². The summed E-state index contributed by atoms with van der Waals surface area (Å²) in [7, 11) is 0. The van der Waals surface area contributed by atoms with E-state index in [0.29, 0.717) is 6.04 Å². The van der Waals surface area contributed by atoms with E-state index in [2.05, 4.69) is 65.1 Å². The zero-order valence-corrected chi connectivity index (χ0v) is 14.6. The van der Waals surface area contributed by atoms with Crippen LogP contribution in [0.4, 0.5) is 5.69 Å². The maximum Gasteiger partial charge on any atom is 0.242 e. The number of nitrogens with one attached hydrogen (secondary N) is 5. The maximum atomic E-state index is 12.6. The second kappa shape index (κ2) is 7.96. The zero-order valence-electron chi connectivity index (χ0n) is 14.6. The van der Waals surface area contributed by atoms with Crippen molar-refractivity contribution < 1.29 is 4.79 Å². The molecule has 2 atom stereocenters. The van der Waals surface area contributed by atoms with Crippen molar-refractivity contribution in [2.75, 3.05) is 5.32 Å². The summed E-state index contributed by atoms with van der Waals surface area (Å²) in [5.41, 5.74) is 11.3. The van der Waals surface area contributed by atoms with Gasteiger partial charge in [-0.3, -0.25) is 4.79 Å². The minimum absolute atomic E-state index is 0.0368. The summed E-state index contributed by atoms with van der Waals surface area (Å²) in [5, 5.41) is 6.56. The van der Waals surface area contributed by atoms with Crippen LogP contribution in [0.1, 0.15) is 45.1 Å². The number of hydrazine groups is 2. The predicted octanol–water partition coefficient (Wildman–Crippen LogP) is 1.66. The fraction of sp³-hybridized carbons (Fsp3) is 0.611. The van der Waals surface area contributed by atoms with Gasteiger partial charge in [0.05, 0.1) is 0 Å². The fourth-order valence-electron chi connectivity index (χ4n) is 3.41. The van der Waals surface area contributed by atoms with Crippen molar-refractivity contribution in [3.63, 3.8) is 0 Å². The molecule has 1 aliphatic carbocycles. The Kier molecular flexibility index (Phi) is 5.71. The summed E-state index contributed by atoms with van der Waals surface area (Å²) in [6.45, 7) is 4.43. The number of hydrogen-bond donors (Lipinski definition) is 5. The largest absolute Gasteiger partial charge is 0.367 e. The topological polar surface area (TPSA) is 77.2 Å². The summed E-state index contributed by atoms with van der Waals surface area (Å²) in [6, 6.07) is 8.27. The highest BCUT2D eigenvalue weighted by molar-refractivity contribution is 5.83. The second-order valence-electron chi connectivity index (χ2n) is 7.03. The molecule has 24 heavy (non-hydrogen) atoms. The van der Waals surface area contributed by atoms with Crippen LogP contribution in [0.25, 0.3) is 0 Å². The highest BCUT2D eigenvalue weighted by atomic mass is 16.2. The molecule has 1 heterocycles. The van der Waals surface area contributed by atoms with Gasteiger partial charge in [-0.1, -0.05) is 26.0 Å². The quantitative estimate of drug-likeness (QED) is 0.567. The first-order valence-corrected chi connectivity index (χ1v) is 9.07. The summed E-state index contributed by atoms with van der Waals surface area (Å²) < 4.78 is 0. The number of carbonyl (C=O) groups excluding carboxylic acids is 1. The number of anilines is 1. The number of carbonyl (C=O) groups is 1. The average Bonchev–Trinajstić information content (AvgIpc) is 3.06. The smallest absolute Gasteiger partial charge is 0.242 e. The average molecular weight is 331 g/mol. The molecule has 2 aliphatic rings. The lowest BCUT2D eigenvalue weighted by Crippen LogP contribution is -2.53. The van der Waals surface area contributed by atoms with Crippen LogP contribution in [0.2, 0.25) is 0 Å². The molecule has 1 aromatic carbocycles. The number of benzene rings is 1. The molecule has 0 bridgehead atoms. The van der Waals surface area contributed by atoms with Crippen molar-refractivity contribution in [1.29, 1.82) is 0 Å². The fourth-order valence-corrected chi connectivity index (χ4v) is 3.41. The number of rotatable bonds is 5. The second-order valence-corrected chi connectivity index (χ2v) is 7.03. The molecule has 1 aliphatic heterocycles. The Balaban J connectivity index is 1.55. The zero-order chi connectivity index (χ0) is 16.9. The van der Waals surface area contributed by atoms with Gasteiger partial charge in [-0.25, -0.2) is 10.9 Å². The Hall–Kier alpha value is -1.63. The third-order valence-corrected chi connectivity index (χ3v) is 5.12. The van der Waals surface area contributed by atoms with Gasteiger partial charge in [0.2, 0.25) is 5.91 Å². The van der Waals surface area contributed by atoms with Crippen molar-refractivity contribution in [3.05, 3.63) is 29.8 Å². The number of hydrogen-bond acceptors (Lipinski definition) is 5. The van der Waals surface area contributed by atoms with Crippen molar-refractivity contribution >= 4 is 11.6 Å². The molecular weight excluding hydrogens is 302 g/mol. The molecule has 3 rings (SSSR count). The summed E-state index contributed by atoms with van der Waals surface area (Å²) >= 11 is 0. The number of aryl methyl sites for hydroxylation is 1. The van der Waals surface area contributed by atoms with E-state index in [4.69, 9.17) is 0 Å². The van der Waals surface area contributed by atoms with Crippen LogP contribution < -0.4 is 27.0 Å². The van der Waals surface area contributed by atoms with Gasteiger partial charge in [-0.05, 0) is 55.7 Å². The minimum Gasteiger partial charge on any atom is -0.367 e. The van der Waals surface area contributed by atoms with Crippen LogP contribution in [0, 0.1) is 5.92 Å². The van der Waals surface area contributed by atoms with Gasteiger partial charge in [0, 0.05) is 11.7 Å². The van der Waals surface area contributed by atoms with E-state index in [0.717, 1.165) is 30.9 Å². The summed E-state index contributed by atoms with van der Waals surface area (Å²) in [6.07, 6.45) is 5.39. The Morgan fingerprint density at radius 3 is 2.50 bits per heavy atom. The van der Waals surface area contributed by atoms with E-state index in [-0.39, 0.29) is 18.1 Å². The Morgan fingerprint density at radius 1 is 1.12 bits per heavy atom. The predicted molar refractivity (Wildman–Crippen MR) is 96.0 cm³/mol. The van der Waals surface area contributed by atoms with E-state index in [1.54, 1.807) is 0 Å². The van der Waals surface area contributed by atoms with Crippen LogP contribution in [-0.2, 0) is 11.2 Å². The summed E-state index contributed by atoms with van der Waals surface area (Å²) in [5.74, 6) is 0.821. The van der Waals surface area contributed by atoms with Gasteiger partial charge in [0.1, 0.15) is 12.2 Å². The molecule has 6 nitrogen and oxygen atoms in total. The van der Waals surface area contributed by atoms with Gasteiger partial charge < -0.3 is 10.6 Å². The van der Waals surface area contributed by atoms with E-state index >= 15 is 0 Å². The van der Waals surface area contributed by atoms with Crippen LogP contribution in [0.5, 0.6) is 0 Å². The molecule has 1 amide bonds. The third kappa shape index (κ3) is 4.26. The first-order chi connectivity index (χ1) is 11.7. The summed E-state index contributed by atoms with van der Waals surface area (Å²) in [4.78, 5) is 12.6.